The lowest BCUT2D eigenvalue weighted by Gasteiger charge is -2.24. The van der Waals surface area contributed by atoms with Crippen LogP contribution in [0.5, 0.6) is 0 Å². The molecule has 1 aliphatic rings. The van der Waals surface area contributed by atoms with Crippen molar-refractivity contribution in [3.63, 3.8) is 0 Å². The second-order valence-corrected chi connectivity index (χ2v) is 9.03. The highest BCUT2D eigenvalue weighted by Crippen LogP contribution is 2.24. The molecule has 1 atom stereocenters. The molecule has 0 fully saturated rings. The first-order chi connectivity index (χ1) is 15.7. The van der Waals surface area contributed by atoms with Gasteiger partial charge >= 0.3 is 0 Å². The van der Waals surface area contributed by atoms with Gasteiger partial charge in [-0.15, -0.1) is 0 Å². The lowest BCUT2D eigenvalue weighted by molar-refractivity contribution is 0.0258. The van der Waals surface area contributed by atoms with Crippen LogP contribution >= 0.6 is 0 Å². The van der Waals surface area contributed by atoms with Gasteiger partial charge in [0, 0.05) is 6.61 Å². The zero-order valence-corrected chi connectivity index (χ0v) is 20.0. The fourth-order valence-electron chi connectivity index (χ4n) is 4.37. The van der Waals surface area contributed by atoms with Gasteiger partial charge in [0.2, 0.25) is 0 Å². The van der Waals surface area contributed by atoms with Crippen LogP contribution in [-0.4, -0.2) is 47.7 Å². The van der Waals surface area contributed by atoms with Crippen molar-refractivity contribution < 1.29 is 19.4 Å². The third kappa shape index (κ3) is 8.67. The Balaban J connectivity index is 1.46. The average molecular weight is 446 g/mol. The third-order valence-corrected chi connectivity index (χ3v) is 6.35. The second kappa shape index (κ2) is 16.0. The predicted octanol–water partition coefficient (Wildman–Crippen LogP) is 6.14. The molecule has 0 radical (unpaired) electrons. The van der Waals surface area contributed by atoms with Crippen molar-refractivity contribution in [3.05, 3.63) is 35.4 Å². The highest BCUT2D eigenvalue weighted by atomic mass is 16.5. The second-order valence-electron chi connectivity index (χ2n) is 9.03. The summed E-state index contributed by atoms with van der Waals surface area (Å²) >= 11 is 0. The summed E-state index contributed by atoms with van der Waals surface area (Å²) in [6, 6.07) is 6.16. The quantitative estimate of drug-likeness (QED) is 0.205. The Labute approximate surface area is 194 Å². The van der Waals surface area contributed by atoms with Crippen molar-refractivity contribution in [1.29, 1.82) is 0 Å². The maximum Gasteiger partial charge on any atom is 0.261 e. The Bertz CT molecular complexity index is 640. The Morgan fingerprint density at radius 3 is 1.62 bits per heavy atom. The largest absolute Gasteiger partial charge is 0.394 e. The molecule has 1 heterocycles. The number of benzene rings is 1. The SMILES string of the molecule is CCCCCCCCCCCCCCCCOCC(CO)N1C(=O)c2ccccc2C1=O. The molecule has 0 spiro atoms. The topological polar surface area (TPSA) is 66.8 Å². The molecule has 0 saturated heterocycles. The Morgan fingerprint density at radius 1 is 0.750 bits per heavy atom. The van der Waals surface area contributed by atoms with Crippen LogP contribution in [0, 0.1) is 0 Å². The maximum atomic E-state index is 12.5. The normalized spacial score (nSPS) is 14.2. The van der Waals surface area contributed by atoms with Crippen molar-refractivity contribution >= 4 is 11.8 Å². The molecule has 1 aromatic rings. The van der Waals surface area contributed by atoms with Crippen LogP contribution in [0.3, 0.4) is 0 Å². The van der Waals surface area contributed by atoms with E-state index in [0.29, 0.717) is 17.7 Å². The number of hydrogen-bond donors (Lipinski definition) is 1. The molecule has 1 unspecified atom stereocenters. The molecule has 2 amide bonds. The first-order valence-electron chi connectivity index (χ1n) is 12.9. The van der Waals surface area contributed by atoms with Crippen LogP contribution in [0.25, 0.3) is 0 Å². The van der Waals surface area contributed by atoms with Gasteiger partial charge in [0.05, 0.1) is 30.4 Å². The smallest absolute Gasteiger partial charge is 0.261 e. The van der Waals surface area contributed by atoms with Gasteiger partial charge in [0.25, 0.3) is 11.8 Å². The fourth-order valence-corrected chi connectivity index (χ4v) is 4.37. The number of aliphatic hydroxyl groups is 1. The van der Waals surface area contributed by atoms with E-state index in [9.17, 15) is 14.7 Å². The van der Waals surface area contributed by atoms with Crippen LogP contribution in [0.1, 0.15) is 118 Å². The molecule has 2 rings (SSSR count). The summed E-state index contributed by atoms with van der Waals surface area (Å²) in [5.41, 5.74) is 0.811. The van der Waals surface area contributed by atoms with E-state index in [-0.39, 0.29) is 25.0 Å². The predicted molar refractivity (Wildman–Crippen MR) is 129 cm³/mol. The standard InChI is InChI=1S/C27H43NO4/c1-2-3-4-5-6-7-8-9-10-11-12-13-14-17-20-32-22-23(21-29)28-26(30)24-18-15-16-19-25(24)27(28)31/h15-16,18-19,23,29H,2-14,17,20-22H2,1H3. The first kappa shape index (κ1) is 26.5. The van der Waals surface area contributed by atoms with Gasteiger partial charge in [-0.1, -0.05) is 103 Å². The Morgan fingerprint density at radius 2 is 1.19 bits per heavy atom. The van der Waals surface area contributed by atoms with Crippen molar-refractivity contribution in [2.75, 3.05) is 19.8 Å². The van der Waals surface area contributed by atoms with E-state index in [1.807, 2.05) is 0 Å². The first-order valence-corrected chi connectivity index (χ1v) is 12.9. The number of fused-ring (bicyclic) bond motifs is 1. The fraction of sp³-hybridized carbons (Fsp3) is 0.704. The molecule has 32 heavy (non-hydrogen) atoms. The van der Waals surface area contributed by atoms with E-state index in [1.54, 1.807) is 24.3 Å². The zero-order valence-electron chi connectivity index (χ0n) is 20.0. The van der Waals surface area contributed by atoms with Gasteiger partial charge in [0.15, 0.2) is 0 Å². The van der Waals surface area contributed by atoms with E-state index >= 15 is 0 Å². The summed E-state index contributed by atoms with van der Waals surface area (Å²) in [5, 5.41) is 9.70. The molecule has 0 saturated carbocycles. The monoisotopic (exact) mass is 445 g/mol. The summed E-state index contributed by atoms with van der Waals surface area (Å²) in [6.45, 7) is 2.75. The van der Waals surface area contributed by atoms with Gasteiger partial charge in [-0.2, -0.15) is 0 Å². The van der Waals surface area contributed by atoms with Crippen LogP contribution in [-0.2, 0) is 4.74 Å². The van der Waals surface area contributed by atoms with E-state index in [0.717, 1.165) is 17.7 Å². The summed E-state index contributed by atoms with van der Waals surface area (Å²) in [7, 11) is 0. The van der Waals surface area contributed by atoms with E-state index in [4.69, 9.17) is 4.74 Å². The highest BCUT2D eigenvalue weighted by Gasteiger charge is 2.39. The summed E-state index contributed by atoms with van der Waals surface area (Å²) in [6.07, 6.45) is 18.4. The van der Waals surface area contributed by atoms with Crippen molar-refractivity contribution in [2.45, 2.75) is 103 Å². The molecule has 0 aliphatic carbocycles. The summed E-state index contributed by atoms with van der Waals surface area (Å²) in [4.78, 5) is 26.2. The minimum absolute atomic E-state index is 0.181. The number of aliphatic hydroxyl groups excluding tert-OH is 1. The molecule has 0 aromatic heterocycles. The summed E-state index contributed by atoms with van der Waals surface area (Å²) < 4.78 is 5.70. The third-order valence-electron chi connectivity index (χ3n) is 6.35. The number of ether oxygens (including phenoxy) is 1. The number of carbonyl (C=O) groups is 2. The van der Waals surface area contributed by atoms with Gasteiger partial charge in [-0.3, -0.25) is 14.5 Å². The zero-order chi connectivity index (χ0) is 23.0. The van der Waals surface area contributed by atoms with Crippen molar-refractivity contribution in [2.24, 2.45) is 0 Å². The number of imide groups is 1. The van der Waals surface area contributed by atoms with Crippen LogP contribution in [0.2, 0.25) is 0 Å². The molecular formula is C27H43NO4. The van der Waals surface area contributed by atoms with Gasteiger partial charge < -0.3 is 9.84 Å². The van der Waals surface area contributed by atoms with Gasteiger partial charge in [-0.25, -0.2) is 0 Å². The highest BCUT2D eigenvalue weighted by molar-refractivity contribution is 6.21. The Hall–Kier alpha value is -1.72. The van der Waals surface area contributed by atoms with Crippen molar-refractivity contribution in [1.82, 2.24) is 4.90 Å². The van der Waals surface area contributed by atoms with E-state index < -0.39 is 6.04 Å². The maximum absolute atomic E-state index is 12.5. The molecule has 1 aromatic carbocycles. The number of amides is 2. The number of hydrogen-bond acceptors (Lipinski definition) is 4. The molecular weight excluding hydrogens is 402 g/mol. The number of rotatable bonds is 19. The Kier molecular flexibility index (Phi) is 13.2. The molecule has 1 N–H and O–H groups in total. The summed E-state index contributed by atoms with van der Waals surface area (Å²) in [5.74, 6) is -0.686. The molecule has 1 aliphatic heterocycles. The van der Waals surface area contributed by atoms with Crippen LogP contribution in [0.15, 0.2) is 24.3 Å². The molecule has 0 bridgehead atoms. The van der Waals surface area contributed by atoms with Gasteiger partial charge in [0.1, 0.15) is 0 Å². The number of nitrogens with zero attached hydrogens (tertiary/aromatic N) is 1. The molecule has 5 nitrogen and oxygen atoms in total. The average Bonchev–Trinajstić information content (AvgIpc) is 3.06. The molecule has 5 heteroatoms. The van der Waals surface area contributed by atoms with Crippen LogP contribution in [0.4, 0.5) is 0 Å². The van der Waals surface area contributed by atoms with Gasteiger partial charge in [-0.05, 0) is 18.6 Å². The lowest BCUT2D eigenvalue weighted by Crippen LogP contribution is -2.45. The minimum Gasteiger partial charge on any atom is -0.394 e. The minimum atomic E-state index is -0.631. The van der Waals surface area contributed by atoms with E-state index in [2.05, 4.69) is 6.92 Å². The number of unbranched alkanes of at least 4 members (excludes halogenated alkanes) is 13. The number of carbonyl (C=O) groups excluding carboxylic acids is 2. The van der Waals surface area contributed by atoms with Crippen LogP contribution < -0.4 is 0 Å². The van der Waals surface area contributed by atoms with Crippen molar-refractivity contribution in [3.8, 4) is 0 Å². The molecule has 180 valence electrons. The lowest BCUT2D eigenvalue weighted by atomic mass is 10.0. The van der Waals surface area contributed by atoms with E-state index in [1.165, 1.54) is 77.0 Å².